The van der Waals surface area contributed by atoms with E-state index >= 15 is 0 Å². The lowest BCUT2D eigenvalue weighted by molar-refractivity contribution is -0.146. The van der Waals surface area contributed by atoms with Crippen molar-refractivity contribution < 1.29 is 14.3 Å². The molecular formula is C20H25NO3. The minimum Gasteiger partial charge on any atom is -0.465 e. The van der Waals surface area contributed by atoms with Gasteiger partial charge in [0.2, 0.25) is 0 Å². The second-order valence-electron chi connectivity index (χ2n) is 5.51. The molecule has 0 heterocycles. The second-order valence-corrected chi connectivity index (χ2v) is 5.51. The highest BCUT2D eigenvalue weighted by atomic mass is 16.5. The molecule has 4 heteroatoms. The van der Waals surface area contributed by atoms with Crippen molar-refractivity contribution in [2.45, 2.75) is 25.4 Å². The van der Waals surface area contributed by atoms with Gasteiger partial charge < -0.3 is 9.47 Å². The molecule has 0 spiro atoms. The van der Waals surface area contributed by atoms with Gasteiger partial charge in [-0.1, -0.05) is 60.7 Å². The fourth-order valence-corrected chi connectivity index (χ4v) is 2.62. The number of esters is 1. The summed E-state index contributed by atoms with van der Waals surface area (Å²) in [6.07, 6.45) is 0.561. The van der Waals surface area contributed by atoms with Crippen LogP contribution in [-0.4, -0.2) is 32.3 Å². The van der Waals surface area contributed by atoms with E-state index in [0.29, 0.717) is 19.6 Å². The first-order valence-corrected chi connectivity index (χ1v) is 8.27. The molecule has 1 atom stereocenters. The smallest absolute Gasteiger partial charge is 0.323 e. The summed E-state index contributed by atoms with van der Waals surface area (Å²) in [4.78, 5) is 12.3. The lowest BCUT2D eigenvalue weighted by atomic mass is 9.97. The molecule has 0 saturated carbocycles. The van der Waals surface area contributed by atoms with E-state index in [2.05, 4.69) is 29.6 Å². The van der Waals surface area contributed by atoms with Gasteiger partial charge in [-0.05, 0) is 24.5 Å². The average Bonchev–Trinajstić information content (AvgIpc) is 2.63. The standard InChI is InChI=1S/C20H25NO3/c1-3-24-20(22)18(14-15-23-2)21-19(16-10-6-4-7-11-16)17-12-8-5-9-13-17/h4-13,18-19,21H,3,14-15H2,1-2H3. The van der Waals surface area contributed by atoms with Gasteiger partial charge >= 0.3 is 5.97 Å². The zero-order chi connectivity index (χ0) is 17.2. The Balaban J connectivity index is 2.26. The number of hydrogen-bond donors (Lipinski definition) is 1. The van der Waals surface area contributed by atoms with Crippen LogP contribution < -0.4 is 5.32 Å². The molecule has 2 aromatic carbocycles. The molecule has 0 aromatic heterocycles. The highest BCUT2D eigenvalue weighted by Crippen LogP contribution is 2.23. The molecule has 0 amide bonds. The predicted molar refractivity (Wildman–Crippen MR) is 94.8 cm³/mol. The van der Waals surface area contributed by atoms with Gasteiger partial charge in [0, 0.05) is 13.7 Å². The number of ether oxygens (including phenoxy) is 2. The SMILES string of the molecule is CCOC(=O)C(CCOC)NC(c1ccccc1)c1ccccc1. The Hall–Kier alpha value is -2.17. The van der Waals surface area contributed by atoms with E-state index in [4.69, 9.17) is 9.47 Å². The molecule has 1 N–H and O–H groups in total. The molecule has 4 nitrogen and oxygen atoms in total. The monoisotopic (exact) mass is 327 g/mol. The van der Waals surface area contributed by atoms with E-state index in [1.54, 1.807) is 7.11 Å². The number of hydrogen-bond acceptors (Lipinski definition) is 4. The average molecular weight is 327 g/mol. The molecule has 1 unspecified atom stereocenters. The fourth-order valence-electron chi connectivity index (χ4n) is 2.62. The van der Waals surface area contributed by atoms with Crippen molar-refractivity contribution in [1.29, 1.82) is 0 Å². The zero-order valence-corrected chi connectivity index (χ0v) is 14.3. The molecule has 0 fully saturated rings. The van der Waals surface area contributed by atoms with Crippen LogP contribution >= 0.6 is 0 Å². The Kier molecular flexibility index (Phi) is 7.46. The van der Waals surface area contributed by atoms with Crippen molar-refractivity contribution in [3.63, 3.8) is 0 Å². The lowest BCUT2D eigenvalue weighted by Crippen LogP contribution is -2.41. The van der Waals surface area contributed by atoms with Crippen molar-refractivity contribution in [1.82, 2.24) is 5.32 Å². The summed E-state index contributed by atoms with van der Waals surface area (Å²) < 4.78 is 10.4. The summed E-state index contributed by atoms with van der Waals surface area (Å²) in [5, 5.41) is 3.45. The van der Waals surface area contributed by atoms with Gasteiger partial charge in [0.1, 0.15) is 6.04 Å². The minimum atomic E-state index is -0.421. The van der Waals surface area contributed by atoms with Crippen LogP contribution in [0.25, 0.3) is 0 Å². The predicted octanol–water partition coefficient (Wildman–Crippen LogP) is 3.33. The molecule has 128 valence electrons. The molecule has 0 aliphatic heterocycles. The number of methoxy groups -OCH3 is 1. The third kappa shape index (κ3) is 5.18. The molecule has 2 rings (SSSR count). The molecule has 0 aliphatic carbocycles. The van der Waals surface area contributed by atoms with Crippen LogP contribution in [0.3, 0.4) is 0 Å². The summed E-state index contributed by atoms with van der Waals surface area (Å²) in [7, 11) is 1.63. The van der Waals surface area contributed by atoms with Gasteiger partial charge in [0.25, 0.3) is 0 Å². The van der Waals surface area contributed by atoms with Gasteiger partial charge in [0.05, 0.1) is 12.6 Å². The quantitative estimate of drug-likeness (QED) is 0.718. The van der Waals surface area contributed by atoms with Gasteiger partial charge in [-0.25, -0.2) is 0 Å². The van der Waals surface area contributed by atoms with Crippen LogP contribution in [0.4, 0.5) is 0 Å². The Morgan fingerprint density at radius 3 is 2.00 bits per heavy atom. The number of rotatable bonds is 9. The maximum atomic E-state index is 12.3. The van der Waals surface area contributed by atoms with Crippen molar-refractivity contribution in [2.24, 2.45) is 0 Å². The van der Waals surface area contributed by atoms with E-state index in [1.807, 2.05) is 43.3 Å². The largest absolute Gasteiger partial charge is 0.465 e. The fraction of sp³-hybridized carbons (Fsp3) is 0.350. The third-order valence-corrected chi connectivity index (χ3v) is 3.82. The third-order valence-electron chi connectivity index (χ3n) is 3.82. The topological polar surface area (TPSA) is 47.6 Å². The Labute approximate surface area is 143 Å². The van der Waals surface area contributed by atoms with Gasteiger partial charge in [-0.2, -0.15) is 0 Å². The van der Waals surface area contributed by atoms with Crippen molar-refractivity contribution >= 4 is 5.97 Å². The van der Waals surface area contributed by atoms with E-state index in [9.17, 15) is 4.79 Å². The van der Waals surface area contributed by atoms with Crippen LogP contribution in [0.15, 0.2) is 60.7 Å². The summed E-state index contributed by atoms with van der Waals surface area (Å²) in [6, 6.07) is 19.7. The molecule has 24 heavy (non-hydrogen) atoms. The first-order valence-electron chi connectivity index (χ1n) is 8.27. The van der Waals surface area contributed by atoms with Gasteiger partial charge in [-0.15, -0.1) is 0 Å². The number of nitrogens with one attached hydrogen (secondary N) is 1. The first-order chi connectivity index (χ1) is 11.8. The van der Waals surface area contributed by atoms with E-state index in [1.165, 1.54) is 0 Å². The molecule has 0 radical (unpaired) electrons. The van der Waals surface area contributed by atoms with Crippen LogP contribution in [-0.2, 0) is 14.3 Å². The van der Waals surface area contributed by atoms with E-state index < -0.39 is 6.04 Å². The van der Waals surface area contributed by atoms with Crippen molar-refractivity contribution in [3.8, 4) is 0 Å². The highest BCUT2D eigenvalue weighted by molar-refractivity contribution is 5.76. The van der Waals surface area contributed by atoms with Gasteiger partial charge in [0.15, 0.2) is 0 Å². The number of carbonyl (C=O) groups excluding carboxylic acids is 1. The number of benzene rings is 2. The molecule has 0 bridgehead atoms. The Morgan fingerprint density at radius 2 is 1.54 bits per heavy atom. The Morgan fingerprint density at radius 1 is 1.00 bits per heavy atom. The maximum Gasteiger partial charge on any atom is 0.323 e. The lowest BCUT2D eigenvalue weighted by Gasteiger charge is -2.25. The summed E-state index contributed by atoms with van der Waals surface area (Å²) in [5.41, 5.74) is 2.21. The van der Waals surface area contributed by atoms with Crippen LogP contribution in [0, 0.1) is 0 Å². The first kappa shape index (κ1) is 18.2. The molecule has 2 aromatic rings. The van der Waals surface area contributed by atoms with E-state index in [0.717, 1.165) is 11.1 Å². The summed E-state index contributed by atoms with van der Waals surface area (Å²) >= 11 is 0. The highest BCUT2D eigenvalue weighted by Gasteiger charge is 2.24. The second kappa shape index (κ2) is 9.85. The van der Waals surface area contributed by atoms with Crippen molar-refractivity contribution in [2.75, 3.05) is 20.3 Å². The normalized spacial score (nSPS) is 12.1. The van der Waals surface area contributed by atoms with Crippen molar-refractivity contribution in [3.05, 3.63) is 71.8 Å². The van der Waals surface area contributed by atoms with E-state index in [-0.39, 0.29) is 12.0 Å². The van der Waals surface area contributed by atoms with Crippen LogP contribution in [0.5, 0.6) is 0 Å². The molecule has 0 aliphatic rings. The minimum absolute atomic E-state index is 0.0846. The summed E-state index contributed by atoms with van der Waals surface area (Å²) in [5.74, 6) is -0.244. The Bertz CT molecular complexity index is 561. The molecular weight excluding hydrogens is 302 g/mol. The van der Waals surface area contributed by atoms with Crippen LogP contribution in [0.1, 0.15) is 30.5 Å². The summed E-state index contributed by atoms with van der Waals surface area (Å²) in [6.45, 7) is 2.68. The maximum absolute atomic E-state index is 12.3. The number of carbonyl (C=O) groups is 1. The van der Waals surface area contributed by atoms with Gasteiger partial charge in [-0.3, -0.25) is 10.1 Å². The van der Waals surface area contributed by atoms with Crippen LogP contribution in [0.2, 0.25) is 0 Å². The molecule has 0 saturated heterocycles. The zero-order valence-electron chi connectivity index (χ0n) is 14.3.